The topological polar surface area (TPSA) is 99.5 Å². The highest BCUT2D eigenvalue weighted by atomic mass is 16.5. The van der Waals surface area contributed by atoms with Crippen molar-refractivity contribution in [3.05, 3.63) is 95.7 Å². The first-order valence-electron chi connectivity index (χ1n) is 11.1. The van der Waals surface area contributed by atoms with E-state index in [9.17, 15) is 19.8 Å². The molecule has 1 atom stereocenters. The van der Waals surface area contributed by atoms with E-state index in [0.717, 1.165) is 5.69 Å². The molecule has 0 saturated carbocycles. The Morgan fingerprint density at radius 2 is 1.60 bits per heavy atom. The second-order valence-electron chi connectivity index (χ2n) is 7.83. The number of nitrogens with zero attached hydrogens (tertiary/aromatic N) is 2. The lowest BCUT2D eigenvalue weighted by atomic mass is 9.99. The van der Waals surface area contributed by atoms with Crippen LogP contribution in [0, 0.1) is 0 Å². The number of carboxylic acids is 1. The molecule has 0 saturated heterocycles. The summed E-state index contributed by atoms with van der Waals surface area (Å²) in [4.78, 5) is 29.2. The van der Waals surface area contributed by atoms with Crippen LogP contribution in [0.4, 0.5) is 11.4 Å². The number of esters is 1. The predicted octanol–water partition coefficient (Wildman–Crippen LogP) is 4.33. The van der Waals surface area contributed by atoms with Crippen LogP contribution in [0.2, 0.25) is 0 Å². The van der Waals surface area contributed by atoms with Crippen LogP contribution in [0.1, 0.15) is 18.7 Å². The Labute approximate surface area is 203 Å². The van der Waals surface area contributed by atoms with E-state index in [0.29, 0.717) is 11.3 Å². The average Bonchev–Trinajstić information content (AvgIpc) is 2.89. The molecule has 35 heavy (non-hydrogen) atoms. The smallest absolute Gasteiger partial charge is 0.355 e. The third-order valence-electron chi connectivity index (χ3n) is 5.75. The highest BCUT2D eigenvalue weighted by Crippen LogP contribution is 2.43. The Morgan fingerprint density at radius 1 is 0.971 bits per heavy atom. The van der Waals surface area contributed by atoms with Gasteiger partial charge < -0.3 is 29.5 Å². The standard InChI is InChI=1S/C27H26N2O6/c1-3-35-27(33)24-21(26(31)32)17-28(19-10-6-4-7-11-19)25(29(24)20-12-8-5-9-13-20)18-14-15-22(30)23(16-18)34-2/h4-16,25,30H,3,17H2,1-2H3,(H,31,32). The van der Waals surface area contributed by atoms with Gasteiger partial charge in [-0.25, -0.2) is 9.59 Å². The number of carbonyl (C=O) groups excluding carboxylic acids is 1. The Balaban J connectivity index is 2.04. The molecule has 0 amide bonds. The van der Waals surface area contributed by atoms with Gasteiger partial charge in [-0.3, -0.25) is 0 Å². The second-order valence-corrected chi connectivity index (χ2v) is 7.83. The van der Waals surface area contributed by atoms with E-state index in [2.05, 4.69) is 0 Å². The normalized spacial score (nSPS) is 15.7. The number of ether oxygens (including phenoxy) is 2. The SMILES string of the molecule is CCOC(=O)C1=C(C(=O)O)CN(c2ccccc2)C(c2ccc(O)c(OC)c2)N1c1ccccc1. The van der Waals surface area contributed by atoms with Crippen molar-refractivity contribution in [3.63, 3.8) is 0 Å². The van der Waals surface area contributed by atoms with Gasteiger partial charge in [0.25, 0.3) is 0 Å². The average molecular weight is 475 g/mol. The van der Waals surface area contributed by atoms with Crippen LogP contribution >= 0.6 is 0 Å². The molecule has 0 bridgehead atoms. The number of hydrogen-bond donors (Lipinski definition) is 2. The Kier molecular flexibility index (Phi) is 6.91. The molecule has 1 unspecified atom stereocenters. The molecule has 1 heterocycles. The number of hydrogen-bond acceptors (Lipinski definition) is 7. The van der Waals surface area contributed by atoms with Crippen molar-refractivity contribution >= 4 is 23.3 Å². The zero-order valence-electron chi connectivity index (χ0n) is 19.4. The van der Waals surface area contributed by atoms with Gasteiger partial charge in [-0.15, -0.1) is 0 Å². The van der Waals surface area contributed by atoms with Crippen LogP contribution in [0.5, 0.6) is 11.5 Å². The molecule has 0 aliphatic carbocycles. The highest BCUT2D eigenvalue weighted by Gasteiger charge is 2.42. The predicted molar refractivity (Wildman–Crippen MR) is 131 cm³/mol. The van der Waals surface area contributed by atoms with Crippen molar-refractivity contribution < 1.29 is 29.3 Å². The summed E-state index contributed by atoms with van der Waals surface area (Å²) in [6.45, 7) is 1.72. The zero-order valence-corrected chi connectivity index (χ0v) is 19.4. The zero-order chi connectivity index (χ0) is 24.9. The van der Waals surface area contributed by atoms with Crippen molar-refractivity contribution in [1.82, 2.24) is 0 Å². The third-order valence-corrected chi connectivity index (χ3v) is 5.75. The van der Waals surface area contributed by atoms with E-state index in [-0.39, 0.29) is 35.9 Å². The van der Waals surface area contributed by atoms with E-state index in [1.807, 2.05) is 53.4 Å². The minimum Gasteiger partial charge on any atom is -0.504 e. The number of para-hydroxylation sites is 2. The molecule has 4 rings (SSSR count). The number of aliphatic carboxylic acids is 1. The lowest BCUT2D eigenvalue weighted by Crippen LogP contribution is -2.50. The number of carbonyl (C=O) groups is 2. The number of methoxy groups -OCH3 is 1. The summed E-state index contributed by atoms with van der Waals surface area (Å²) in [6.07, 6.45) is -0.656. The Hall–Kier alpha value is -4.46. The summed E-state index contributed by atoms with van der Waals surface area (Å²) in [6, 6.07) is 23.4. The number of benzene rings is 3. The number of phenolic OH excluding ortho intramolecular Hbond substituents is 1. The molecule has 1 aliphatic rings. The lowest BCUT2D eigenvalue weighted by Gasteiger charge is -2.46. The summed E-state index contributed by atoms with van der Waals surface area (Å²) in [5.74, 6) is -1.71. The van der Waals surface area contributed by atoms with Gasteiger partial charge in [-0.2, -0.15) is 0 Å². The Bertz CT molecular complexity index is 1240. The number of carboxylic acid groups (broad SMARTS) is 1. The maximum absolute atomic E-state index is 13.2. The molecule has 0 fully saturated rings. The largest absolute Gasteiger partial charge is 0.504 e. The maximum Gasteiger partial charge on any atom is 0.355 e. The molecular formula is C27H26N2O6. The van der Waals surface area contributed by atoms with Gasteiger partial charge in [0.2, 0.25) is 0 Å². The summed E-state index contributed by atoms with van der Waals surface area (Å²) in [5, 5.41) is 20.4. The molecule has 180 valence electrons. The lowest BCUT2D eigenvalue weighted by molar-refractivity contribution is -0.140. The molecule has 8 nitrogen and oxygen atoms in total. The summed E-state index contributed by atoms with van der Waals surface area (Å²) in [5.41, 5.74) is 1.91. The van der Waals surface area contributed by atoms with E-state index < -0.39 is 18.1 Å². The van der Waals surface area contributed by atoms with Crippen molar-refractivity contribution in [2.45, 2.75) is 13.1 Å². The molecular weight excluding hydrogens is 448 g/mol. The molecule has 2 N–H and O–H groups in total. The van der Waals surface area contributed by atoms with Crippen molar-refractivity contribution in [1.29, 1.82) is 0 Å². The van der Waals surface area contributed by atoms with E-state index >= 15 is 0 Å². The van der Waals surface area contributed by atoms with Crippen molar-refractivity contribution in [2.75, 3.05) is 30.1 Å². The molecule has 0 radical (unpaired) electrons. The fraction of sp³-hybridized carbons (Fsp3) is 0.185. The number of aromatic hydroxyl groups is 1. The van der Waals surface area contributed by atoms with Crippen molar-refractivity contribution in [3.8, 4) is 11.5 Å². The quantitative estimate of drug-likeness (QED) is 0.488. The Morgan fingerprint density at radius 3 is 2.17 bits per heavy atom. The van der Waals surface area contributed by atoms with E-state index in [1.165, 1.54) is 13.2 Å². The minimum atomic E-state index is -1.21. The van der Waals surface area contributed by atoms with Crippen LogP contribution < -0.4 is 14.5 Å². The second kappa shape index (κ2) is 10.2. The summed E-state index contributed by atoms with van der Waals surface area (Å²) < 4.78 is 10.7. The molecule has 1 aliphatic heterocycles. The monoisotopic (exact) mass is 474 g/mol. The molecule has 0 spiro atoms. The van der Waals surface area contributed by atoms with Gasteiger partial charge >= 0.3 is 11.9 Å². The first kappa shape index (κ1) is 23.7. The summed E-state index contributed by atoms with van der Waals surface area (Å²) in [7, 11) is 1.45. The molecule has 3 aromatic carbocycles. The van der Waals surface area contributed by atoms with Gasteiger partial charge in [0.15, 0.2) is 11.5 Å². The summed E-state index contributed by atoms with van der Waals surface area (Å²) >= 11 is 0. The fourth-order valence-electron chi connectivity index (χ4n) is 4.22. The van der Waals surface area contributed by atoms with Gasteiger partial charge in [-0.1, -0.05) is 42.5 Å². The number of rotatable bonds is 7. The van der Waals surface area contributed by atoms with Crippen LogP contribution in [-0.4, -0.2) is 42.4 Å². The fourth-order valence-corrected chi connectivity index (χ4v) is 4.22. The van der Waals surface area contributed by atoms with Crippen LogP contribution in [0.3, 0.4) is 0 Å². The van der Waals surface area contributed by atoms with Crippen LogP contribution in [-0.2, 0) is 14.3 Å². The van der Waals surface area contributed by atoms with Gasteiger partial charge in [-0.05, 0) is 48.9 Å². The minimum absolute atomic E-state index is 0.0306. The van der Waals surface area contributed by atoms with Gasteiger partial charge in [0, 0.05) is 11.4 Å². The highest BCUT2D eigenvalue weighted by molar-refractivity contribution is 6.04. The van der Waals surface area contributed by atoms with E-state index in [1.54, 1.807) is 36.1 Å². The molecule has 3 aromatic rings. The number of anilines is 2. The van der Waals surface area contributed by atoms with E-state index in [4.69, 9.17) is 9.47 Å². The molecule has 8 heteroatoms. The van der Waals surface area contributed by atoms with Crippen LogP contribution in [0.15, 0.2) is 90.1 Å². The first-order valence-corrected chi connectivity index (χ1v) is 11.1. The van der Waals surface area contributed by atoms with Gasteiger partial charge in [0.05, 0.1) is 25.8 Å². The maximum atomic E-state index is 13.2. The van der Waals surface area contributed by atoms with Gasteiger partial charge in [0.1, 0.15) is 11.9 Å². The first-order chi connectivity index (χ1) is 17.0. The third kappa shape index (κ3) is 4.63. The molecule has 0 aromatic heterocycles. The van der Waals surface area contributed by atoms with Crippen molar-refractivity contribution in [2.24, 2.45) is 0 Å². The van der Waals surface area contributed by atoms with Crippen LogP contribution in [0.25, 0.3) is 0 Å². The number of phenols is 1.